The van der Waals surface area contributed by atoms with E-state index in [1.54, 1.807) is 11.3 Å². The Kier molecular flexibility index (Phi) is 5.73. The van der Waals surface area contributed by atoms with Crippen LogP contribution in [0, 0.1) is 20.8 Å². The Morgan fingerprint density at radius 1 is 1.29 bits per heavy atom. The molecule has 0 unspecified atom stereocenters. The molecular formula is C20H24N4O2S2. The van der Waals surface area contributed by atoms with E-state index in [-0.39, 0.29) is 11.9 Å². The van der Waals surface area contributed by atoms with Gasteiger partial charge in [-0.05, 0) is 37.8 Å². The molecule has 0 aromatic carbocycles. The number of hydrogen-bond donors (Lipinski definition) is 1. The molecule has 3 aromatic rings. The van der Waals surface area contributed by atoms with Crippen molar-refractivity contribution in [3.63, 3.8) is 0 Å². The summed E-state index contributed by atoms with van der Waals surface area (Å²) < 4.78 is 5.50. The topological polar surface area (TPSA) is 67.4 Å². The van der Waals surface area contributed by atoms with Crippen molar-refractivity contribution in [2.45, 2.75) is 26.8 Å². The molecule has 1 atom stereocenters. The van der Waals surface area contributed by atoms with Gasteiger partial charge >= 0.3 is 0 Å². The smallest absolute Gasteiger partial charge is 0.261 e. The molecule has 1 amide bonds. The predicted octanol–water partition coefficient (Wildman–Crippen LogP) is 3.48. The van der Waals surface area contributed by atoms with Crippen LogP contribution in [-0.4, -0.2) is 53.6 Å². The average molecular weight is 417 g/mol. The molecule has 0 bridgehead atoms. The van der Waals surface area contributed by atoms with E-state index in [2.05, 4.69) is 37.7 Å². The molecule has 1 aliphatic heterocycles. The summed E-state index contributed by atoms with van der Waals surface area (Å²) >= 11 is 3.18. The van der Waals surface area contributed by atoms with E-state index in [1.807, 2.05) is 20.8 Å². The van der Waals surface area contributed by atoms with Crippen LogP contribution in [0.3, 0.4) is 0 Å². The maximum Gasteiger partial charge on any atom is 0.261 e. The number of aryl methyl sites for hydroxylation is 3. The third kappa shape index (κ3) is 3.82. The van der Waals surface area contributed by atoms with E-state index in [4.69, 9.17) is 4.74 Å². The molecule has 1 aliphatic rings. The first kappa shape index (κ1) is 19.4. The molecule has 0 aliphatic carbocycles. The molecule has 0 radical (unpaired) electrons. The summed E-state index contributed by atoms with van der Waals surface area (Å²) in [6, 6.07) is 4.38. The Labute approximate surface area is 172 Å². The van der Waals surface area contributed by atoms with Crippen LogP contribution >= 0.6 is 22.7 Å². The van der Waals surface area contributed by atoms with Gasteiger partial charge in [-0.3, -0.25) is 9.69 Å². The van der Waals surface area contributed by atoms with Gasteiger partial charge in [0.15, 0.2) is 0 Å². The summed E-state index contributed by atoms with van der Waals surface area (Å²) in [5.41, 5.74) is 1.90. The van der Waals surface area contributed by atoms with Gasteiger partial charge in [-0.1, -0.05) is 6.07 Å². The number of ether oxygens (including phenoxy) is 1. The monoisotopic (exact) mass is 416 g/mol. The number of morpholine rings is 1. The SMILES string of the molecule is Cc1nc(C)c2c(C)c(C(=O)NC[C@@H](c3cccs3)N3CCOCC3)sc2n1. The Morgan fingerprint density at radius 3 is 2.79 bits per heavy atom. The van der Waals surface area contributed by atoms with Gasteiger partial charge in [0, 0.05) is 35.6 Å². The summed E-state index contributed by atoms with van der Waals surface area (Å²) in [5, 5.41) is 6.26. The Balaban J connectivity index is 1.55. The molecule has 1 saturated heterocycles. The molecule has 4 rings (SSSR count). The number of carbonyl (C=O) groups is 1. The summed E-state index contributed by atoms with van der Waals surface area (Å²) in [5.74, 6) is 0.704. The van der Waals surface area contributed by atoms with Gasteiger partial charge in [-0.15, -0.1) is 22.7 Å². The highest BCUT2D eigenvalue weighted by molar-refractivity contribution is 7.20. The number of carbonyl (C=O) groups excluding carboxylic acids is 1. The molecule has 4 heterocycles. The van der Waals surface area contributed by atoms with Crippen molar-refractivity contribution in [3.8, 4) is 0 Å². The number of amides is 1. The molecule has 0 saturated carbocycles. The molecule has 3 aromatic heterocycles. The van der Waals surface area contributed by atoms with Gasteiger partial charge in [0.25, 0.3) is 5.91 Å². The van der Waals surface area contributed by atoms with Crippen LogP contribution in [-0.2, 0) is 4.74 Å². The maximum absolute atomic E-state index is 13.0. The van der Waals surface area contributed by atoms with Crippen LogP contribution in [0.25, 0.3) is 10.2 Å². The maximum atomic E-state index is 13.0. The van der Waals surface area contributed by atoms with Crippen molar-refractivity contribution in [1.29, 1.82) is 0 Å². The van der Waals surface area contributed by atoms with E-state index in [9.17, 15) is 4.79 Å². The van der Waals surface area contributed by atoms with Crippen LogP contribution < -0.4 is 5.32 Å². The minimum atomic E-state index is -0.0348. The zero-order valence-corrected chi connectivity index (χ0v) is 18.0. The number of hydrogen-bond acceptors (Lipinski definition) is 7. The predicted molar refractivity (Wildman–Crippen MR) is 113 cm³/mol. The second-order valence-corrected chi connectivity index (χ2v) is 8.96. The lowest BCUT2D eigenvalue weighted by atomic mass is 10.1. The molecule has 28 heavy (non-hydrogen) atoms. The van der Waals surface area contributed by atoms with Crippen molar-refractivity contribution in [2.24, 2.45) is 0 Å². The van der Waals surface area contributed by atoms with E-state index in [0.717, 1.165) is 58.5 Å². The minimum absolute atomic E-state index is 0.0348. The first-order chi connectivity index (χ1) is 13.5. The number of nitrogens with zero attached hydrogens (tertiary/aromatic N) is 3. The van der Waals surface area contributed by atoms with Crippen LogP contribution in [0.1, 0.15) is 37.7 Å². The fraction of sp³-hybridized carbons (Fsp3) is 0.450. The highest BCUT2D eigenvalue weighted by Gasteiger charge is 2.25. The lowest BCUT2D eigenvalue weighted by Gasteiger charge is -2.34. The van der Waals surface area contributed by atoms with Crippen LogP contribution in [0.2, 0.25) is 0 Å². The quantitative estimate of drug-likeness (QED) is 0.690. The number of thiophene rings is 2. The standard InChI is InChI=1S/C20H24N4O2S2/c1-12-17-13(2)22-14(3)23-20(17)28-18(12)19(25)21-11-15(16-5-4-10-27-16)24-6-8-26-9-7-24/h4-5,10,15H,6-9,11H2,1-3H3,(H,21,25)/t15-/m0/s1. The highest BCUT2D eigenvalue weighted by Crippen LogP contribution is 2.31. The summed E-state index contributed by atoms with van der Waals surface area (Å²) in [6.07, 6.45) is 0. The fourth-order valence-electron chi connectivity index (χ4n) is 3.74. The number of rotatable bonds is 5. The summed E-state index contributed by atoms with van der Waals surface area (Å²) in [4.78, 5) is 27.2. The Bertz CT molecular complexity index is 978. The van der Waals surface area contributed by atoms with Crippen molar-refractivity contribution in [1.82, 2.24) is 20.2 Å². The van der Waals surface area contributed by atoms with E-state index >= 15 is 0 Å². The second-order valence-electron chi connectivity index (χ2n) is 6.98. The van der Waals surface area contributed by atoms with Crippen molar-refractivity contribution in [2.75, 3.05) is 32.8 Å². The lowest BCUT2D eigenvalue weighted by Crippen LogP contribution is -2.43. The van der Waals surface area contributed by atoms with Gasteiger partial charge in [0.05, 0.1) is 24.1 Å². The van der Waals surface area contributed by atoms with E-state index in [1.165, 1.54) is 16.2 Å². The zero-order valence-electron chi connectivity index (χ0n) is 16.3. The van der Waals surface area contributed by atoms with Crippen molar-refractivity contribution in [3.05, 3.63) is 44.3 Å². The van der Waals surface area contributed by atoms with E-state index in [0.29, 0.717) is 6.54 Å². The molecule has 1 N–H and O–H groups in total. The minimum Gasteiger partial charge on any atom is -0.379 e. The van der Waals surface area contributed by atoms with Crippen LogP contribution in [0.4, 0.5) is 0 Å². The van der Waals surface area contributed by atoms with Gasteiger partial charge in [-0.2, -0.15) is 0 Å². The third-order valence-corrected chi connectivity index (χ3v) is 7.26. The second kappa shape index (κ2) is 8.24. The van der Waals surface area contributed by atoms with Crippen LogP contribution in [0.5, 0.6) is 0 Å². The molecule has 0 spiro atoms. The third-order valence-electron chi connectivity index (χ3n) is 5.10. The largest absolute Gasteiger partial charge is 0.379 e. The first-order valence-corrected chi connectivity index (χ1v) is 11.1. The van der Waals surface area contributed by atoms with Gasteiger partial charge in [-0.25, -0.2) is 9.97 Å². The fourth-order valence-corrected chi connectivity index (χ4v) is 5.79. The zero-order chi connectivity index (χ0) is 19.7. The normalized spacial score (nSPS) is 16.4. The van der Waals surface area contributed by atoms with Gasteiger partial charge in [0.1, 0.15) is 10.7 Å². The number of nitrogens with one attached hydrogen (secondary N) is 1. The first-order valence-electron chi connectivity index (χ1n) is 9.42. The molecule has 1 fully saturated rings. The summed E-state index contributed by atoms with van der Waals surface area (Å²) in [7, 11) is 0. The van der Waals surface area contributed by atoms with Crippen molar-refractivity contribution < 1.29 is 9.53 Å². The average Bonchev–Trinajstić information content (AvgIpc) is 3.31. The lowest BCUT2D eigenvalue weighted by molar-refractivity contribution is 0.0169. The Hall–Kier alpha value is -1.87. The highest BCUT2D eigenvalue weighted by atomic mass is 32.1. The molecule has 8 heteroatoms. The van der Waals surface area contributed by atoms with Crippen LogP contribution in [0.15, 0.2) is 17.5 Å². The molecular weight excluding hydrogens is 392 g/mol. The molecule has 6 nitrogen and oxygen atoms in total. The van der Waals surface area contributed by atoms with Gasteiger partial charge < -0.3 is 10.1 Å². The number of aromatic nitrogens is 2. The van der Waals surface area contributed by atoms with Crippen molar-refractivity contribution >= 4 is 38.8 Å². The summed E-state index contributed by atoms with van der Waals surface area (Å²) in [6.45, 7) is 9.67. The number of fused-ring (bicyclic) bond motifs is 1. The van der Waals surface area contributed by atoms with E-state index < -0.39 is 0 Å². The molecule has 148 valence electrons. The Morgan fingerprint density at radius 2 is 2.07 bits per heavy atom. The van der Waals surface area contributed by atoms with Gasteiger partial charge in [0.2, 0.25) is 0 Å².